The minimum Gasteiger partial charge on any atom is -0.393 e. The number of aliphatic hydroxyl groups excluding tert-OH is 1. The average Bonchev–Trinajstić information content (AvgIpc) is 2.46. The van der Waals surface area contributed by atoms with Crippen molar-refractivity contribution in [2.24, 2.45) is 0 Å². The molecule has 0 aliphatic carbocycles. The van der Waals surface area contributed by atoms with Crippen LogP contribution in [0.1, 0.15) is 47.9 Å². The molecule has 0 heterocycles. The van der Waals surface area contributed by atoms with Gasteiger partial charge in [-0.2, -0.15) is 0 Å². The van der Waals surface area contributed by atoms with E-state index in [0.717, 1.165) is 12.8 Å². The van der Waals surface area contributed by atoms with Gasteiger partial charge in [0, 0.05) is 5.92 Å². The monoisotopic (exact) mass is 268 g/mol. The highest BCUT2D eigenvalue weighted by atomic mass is 16.3. The van der Waals surface area contributed by atoms with Gasteiger partial charge in [-0.25, -0.2) is 0 Å². The fourth-order valence-electron chi connectivity index (χ4n) is 2.50. The Labute approximate surface area is 122 Å². The number of aryl methyl sites for hydroxylation is 2. The second-order valence-electron chi connectivity index (χ2n) is 5.67. The Balaban J connectivity index is 2.33. The second kappa shape index (κ2) is 6.71. The molecule has 2 aromatic rings. The van der Waals surface area contributed by atoms with Crippen LogP contribution in [-0.2, 0) is 0 Å². The van der Waals surface area contributed by atoms with E-state index in [2.05, 4.69) is 62.4 Å². The Morgan fingerprint density at radius 3 is 1.55 bits per heavy atom. The summed E-state index contributed by atoms with van der Waals surface area (Å²) in [6.07, 6.45) is 1.33. The summed E-state index contributed by atoms with van der Waals surface area (Å²) in [5.41, 5.74) is 5.11. The highest BCUT2D eigenvalue weighted by Gasteiger charge is 2.17. The molecule has 20 heavy (non-hydrogen) atoms. The SMILES string of the molecule is CCC(O)CC(c1ccc(C)cc1)c1ccc(C)cc1. The zero-order valence-electron chi connectivity index (χ0n) is 12.6. The molecule has 0 aliphatic heterocycles. The first-order chi connectivity index (χ1) is 9.60. The van der Waals surface area contributed by atoms with Crippen molar-refractivity contribution in [1.82, 2.24) is 0 Å². The minimum atomic E-state index is -0.248. The lowest BCUT2D eigenvalue weighted by Crippen LogP contribution is -2.12. The smallest absolute Gasteiger partial charge is 0.0546 e. The van der Waals surface area contributed by atoms with Crippen molar-refractivity contribution in [1.29, 1.82) is 0 Å². The molecule has 0 amide bonds. The van der Waals surface area contributed by atoms with Crippen LogP contribution >= 0.6 is 0 Å². The molecule has 0 radical (unpaired) electrons. The Hall–Kier alpha value is -1.60. The van der Waals surface area contributed by atoms with Crippen molar-refractivity contribution in [3.05, 3.63) is 70.8 Å². The molecule has 0 spiro atoms. The first-order valence-electron chi connectivity index (χ1n) is 7.41. The predicted octanol–water partition coefficient (Wildman–Crippen LogP) is 4.60. The van der Waals surface area contributed by atoms with E-state index in [9.17, 15) is 5.11 Å². The van der Waals surface area contributed by atoms with Crippen LogP contribution in [0, 0.1) is 13.8 Å². The van der Waals surface area contributed by atoms with Crippen molar-refractivity contribution in [2.75, 3.05) is 0 Å². The normalized spacial score (nSPS) is 12.7. The average molecular weight is 268 g/mol. The van der Waals surface area contributed by atoms with Crippen molar-refractivity contribution in [3.8, 4) is 0 Å². The molecular formula is C19H24O. The van der Waals surface area contributed by atoms with E-state index in [1.807, 2.05) is 6.92 Å². The molecule has 1 unspecified atom stereocenters. The van der Waals surface area contributed by atoms with Crippen molar-refractivity contribution in [3.63, 3.8) is 0 Å². The van der Waals surface area contributed by atoms with Crippen molar-refractivity contribution in [2.45, 2.75) is 45.6 Å². The fourth-order valence-corrected chi connectivity index (χ4v) is 2.50. The summed E-state index contributed by atoms with van der Waals surface area (Å²) < 4.78 is 0. The molecule has 0 saturated heterocycles. The van der Waals surface area contributed by atoms with Gasteiger partial charge in [0.15, 0.2) is 0 Å². The third-order valence-electron chi connectivity index (χ3n) is 3.94. The van der Waals surface area contributed by atoms with Gasteiger partial charge in [0.25, 0.3) is 0 Å². The van der Waals surface area contributed by atoms with E-state index < -0.39 is 0 Å². The Morgan fingerprint density at radius 1 is 0.800 bits per heavy atom. The van der Waals surface area contributed by atoms with Crippen LogP contribution in [0.5, 0.6) is 0 Å². The van der Waals surface area contributed by atoms with Crippen LogP contribution < -0.4 is 0 Å². The molecule has 106 valence electrons. The molecule has 1 N–H and O–H groups in total. The van der Waals surface area contributed by atoms with Crippen LogP contribution in [0.3, 0.4) is 0 Å². The second-order valence-corrected chi connectivity index (χ2v) is 5.67. The van der Waals surface area contributed by atoms with Gasteiger partial charge >= 0.3 is 0 Å². The van der Waals surface area contributed by atoms with Gasteiger partial charge < -0.3 is 5.11 Å². The van der Waals surface area contributed by atoms with Gasteiger partial charge in [0.2, 0.25) is 0 Å². The topological polar surface area (TPSA) is 20.2 Å². The summed E-state index contributed by atoms with van der Waals surface area (Å²) in [6.45, 7) is 6.24. The largest absolute Gasteiger partial charge is 0.393 e. The molecule has 0 saturated carbocycles. The molecule has 1 heteroatoms. The van der Waals surface area contributed by atoms with E-state index in [0.29, 0.717) is 0 Å². The molecule has 1 atom stereocenters. The highest BCUT2D eigenvalue weighted by Crippen LogP contribution is 2.30. The van der Waals surface area contributed by atoms with Crippen LogP contribution in [0.15, 0.2) is 48.5 Å². The Morgan fingerprint density at radius 2 is 1.20 bits per heavy atom. The molecule has 2 rings (SSSR count). The molecule has 0 aliphatic rings. The third-order valence-corrected chi connectivity index (χ3v) is 3.94. The maximum atomic E-state index is 10.1. The summed E-state index contributed by atoms with van der Waals surface area (Å²) in [6, 6.07) is 17.3. The molecule has 0 aromatic heterocycles. The van der Waals surface area contributed by atoms with E-state index in [4.69, 9.17) is 0 Å². The standard InChI is InChI=1S/C19H24O/c1-4-18(20)13-19(16-9-5-14(2)6-10-16)17-11-7-15(3)8-12-17/h5-12,18-20H,4,13H2,1-3H3. The number of hydrogen-bond donors (Lipinski definition) is 1. The Bertz CT molecular complexity index is 479. The van der Waals surface area contributed by atoms with Crippen LogP contribution in [-0.4, -0.2) is 11.2 Å². The predicted molar refractivity (Wildman–Crippen MR) is 85.1 cm³/mol. The van der Waals surface area contributed by atoms with Gasteiger partial charge in [-0.15, -0.1) is 0 Å². The summed E-state index contributed by atoms with van der Waals surface area (Å²) in [7, 11) is 0. The number of hydrogen-bond acceptors (Lipinski definition) is 1. The highest BCUT2D eigenvalue weighted by molar-refractivity contribution is 5.35. The quantitative estimate of drug-likeness (QED) is 0.840. The zero-order valence-corrected chi connectivity index (χ0v) is 12.6. The first-order valence-corrected chi connectivity index (χ1v) is 7.41. The van der Waals surface area contributed by atoms with Crippen LogP contribution in [0.25, 0.3) is 0 Å². The number of rotatable bonds is 5. The molecular weight excluding hydrogens is 244 g/mol. The van der Waals surface area contributed by atoms with Gasteiger partial charge in [0.1, 0.15) is 0 Å². The summed E-state index contributed by atoms with van der Waals surface area (Å²) in [5, 5.41) is 10.1. The van der Waals surface area contributed by atoms with Gasteiger partial charge in [-0.1, -0.05) is 66.6 Å². The van der Waals surface area contributed by atoms with Crippen LogP contribution in [0.4, 0.5) is 0 Å². The van der Waals surface area contributed by atoms with Crippen LogP contribution in [0.2, 0.25) is 0 Å². The van der Waals surface area contributed by atoms with E-state index >= 15 is 0 Å². The van der Waals surface area contributed by atoms with Crippen molar-refractivity contribution >= 4 is 0 Å². The fraction of sp³-hybridized carbons (Fsp3) is 0.368. The first kappa shape index (κ1) is 14.8. The number of aliphatic hydroxyl groups is 1. The van der Waals surface area contributed by atoms with Gasteiger partial charge in [-0.05, 0) is 37.8 Å². The minimum absolute atomic E-state index is 0.248. The Kier molecular flexibility index (Phi) is 4.97. The lowest BCUT2D eigenvalue weighted by Gasteiger charge is -2.21. The summed E-state index contributed by atoms with van der Waals surface area (Å²) in [4.78, 5) is 0. The van der Waals surface area contributed by atoms with Gasteiger partial charge in [-0.3, -0.25) is 0 Å². The van der Waals surface area contributed by atoms with Gasteiger partial charge in [0.05, 0.1) is 6.10 Å². The summed E-state index contributed by atoms with van der Waals surface area (Å²) in [5.74, 6) is 0.270. The van der Waals surface area contributed by atoms with E-state index in [1.165, 1.54) is 22.3 Å². The lowest BCUT2D eigenvalue weighted by molar-refractivity contribution is 0.155. The lowest BCUT2D eigenvalue weighted by atomic mass is 9.85. The molecule has 1 nitrogen and oxygen atoms in total. The molecule has 2 aromatic carbocycles. The maximum Gasteiger partial charge on any atom is 0.0546 e. The summed E-state index contributed by atoms with van der Waals surface area (Å²) >= 11 is 0. The zero-order chi connectivity index (χ0) is 14.5. The molecule has 0 bridgehead atoms. The third kappa shape index (κ3) is 3.71. The molecule has 0 fully saturated rings. The van der Waals surface area contributed by atoms with E-state index in [-0.39, 0.29) is 12.0 Å². The van der Waals surface area contributed by atoms with Crippen molar-refractivity contribution < 1.29 is 5.11 Å². The maximum absolute atomic E-state index is 10.1. The number of benzene rings is 2. The van der Waals surface area contributed by atoms with E-state index in [1.54, 1.807) is 0 Å².